The summed E-state index contributed by atoms with van der Waals surface area (Å²) in [6, 6.07) is 5.47. The topological polar surface area (TPSA) is 55.1 Å². The van der Waals surface area contributed by atoms with Crippen molar-refractivity contribution in [2.24, 2.45) is 5.73 Å². The highest BCUT2D eigenvalue weighted by Crippen LogP contribution is 2.34. The minimum Gasteiger partial charge on any atom is -0.324 e. The van der Waals surface area contributed by atoms with Gasteiger partial charge in [-0.2, -0.15) is 0 Å². The fraction of sp³-hybridized carbons (Fsp3) is 0.364. The lowest BCUT2D eigenvalue weighted by Crippen LogP contribution is -2.37. The molecule has 6 heteroatoms. The van der Waals surface area contributed by atoms with Gasteiger partial charge < -0.3 is 11.1 Å². The number of amides is 1. The van der Waals surface area contributed by atoms with Gasteiger partial charge in [0, 0.05) is 10.6 Å². The predicted octanol–water partition coefficient (Wildman–Crippen LogP) is 2.91. The normalized spacial score (nSPS) is 15.9. The zero-order chi connectivity index (χ0) is 11.8. The Morgan fingerprint density at radius 1 is 1.53 bits per heavy atom. The average molecular weight is 293 g/mol. The lowest BCUT2D eigenvalue weighted by atomic mass is 10.2. The first-order valence-corrected chi connectivity index (χ1v) is 6.59. The highest BCUT2D eigenvalue weighted by atomic mass is 35.5. The second-order valence-electron chi connectivity index (χ2n) is 3.96. The third-order valence-corrected chi connectivity index (χ3v) is 3.87. The van der Waals surface area contributed by atoms with Gasteiger partial charge in [0.15, 0.2) is 0 Å². The quantitative estimate of drug-likeness (QED) is 0.843. The Hall–Kier alpha value is -0.420. The standard InChI is InChI=1S/C11H13ClN2OS.ClH/c1-16-9-3-2-7(6-8(9)12)14-10(15)11(13)4-5-11;/h2-3,6H,4-5,13H2,1H3,(H,14,15);1H. The van der Waals surface area contributed by atoms with Crippen molar-refractivity contribution >= 4 is 47.4 Å². The molecule has 1 fully saturated rings. The van der Waals surface area contributed by atoms with Gasteiger partial charge >= 0.3 is 0 Å². The number of carbonyl (C=O) groups is 1. The van der Waals surface area contributed by atoms with Crippen LogP contribution in [0.5, 0.6) is 0 Å². The van der Waals surface area contributed by atoms with Gasteiger partial charge in [-0.3, -0.25) is 4.79 Å². The van der Waals surface area contributed by atoms with Crippen LogP contribution in [0.3, 0.4) is 0 Å². The fourth-order valence-corrected chi connectivity index (χ4v) is 2.23. The molecule has 2 rings (SSSR count). The van der Waals surface area contributed by atoms with E-state index in [9.17, 15) is 4.79 Å². The van der Waals surface area contributed by atoms with Crippen LogP contribution in [0.4, 0.5) is 5.69 Å². The van der Waals surface area contributed by atoms with E-state index in [0.29, 0.717) is 10.7 Å². The maximum Gasteiger partial charge on any atom is 0.244 e. The highest BCUT2D eigenvalue weighted by Gasteiger charge is 2.45. The third kappa shape index (κ3) is 3.28. The third-order valence-electron chi connectivity index (χ3n) is 2.65. The van der Waals surface area contributed by atoms with E-state index < -0.39 is 5.54 Å². The minimum atomic E-state index is -0.648. The lowest BCUT2D eigenvalue weighted by Gasteiger charge is -2.11. The molecule has 0 aromatic heterocycles. The van der Waals surface area contributed by atoms with Crippen LogP contribution < -0.4 is 11.1 Å². The summed E-state index contributed by atoms with van der Waals surface area (Å²) in [6.07, 6.45) is 3.48. The van der Waals surface area contributed by atoms with Crippen LogP contribution in [-0.4, -0.2) is 17.7 Å². The second kappa shape index (κ2) is 5.48. The summed E-state index contributed by atoms with van der Waals surface area (Å²) >= 11 is 7.61. The number of nitrogens with one attached hydrogen (secondary N) is 1. The molecule has 1 saturated carbocycles. The van der Waals surface area contributed by atoms with Gasteiger partial charge in [0.25, 0.3) is 0 Å². The van der Waals surface area contributed by atoms with Gasteiger partial charge in [0.1, 0.15) is 0 Å². The van der Waals surface area contributed by atoms with Crippen molar-refractivity contribution in [3.63, 3.8) is 0 Å². The molecule has 94 valence electrons. The van der Waals surface area contributed by atoms with Crippen LogP contribution in [0.25, 0.3) is 0 Å². The first-order chi connectivity index (χ1) is 7.55. The van der Waals surface area contributed by atoms with E-state index in [-0.39, 0.29) is 18.3 Å². The summed E-state index contributed by atoms with van der Waals surface area (Å²) in [7, 11) is 0. The van der Waals surface area contributed by atoms with Gasteiger partial charge in [-0.05, 0) is 37.3 Å². The lowest BCUT2D eigenvalue weighted by molar-refractivity contribution is -0.118. The van der Waals surface area contributed by atoms with E-state index in [1.807, 2.05) is 18.4 Å². The van der Waals surface area contributed by atoms with Gasteiger partial charge in [-0.1, -0.05) is 11.6 Å². The van der Waals surface area contributed by atoms with Crippen molar-refractivity contribution in [3.05, 3.63) is 23.2 Å². The van der Waals surface area contributed by atoms with Crippen LogP contribution >= 0.6 is 35.8 Å². The predicted molar refractivity (Wildman–Crippen MR) is 75.3 cm³/mol. The molecule has 0 spiro atoms. The molecule has 0 saturated heterocycles. The van der Waals surface area contributed by atoms with Crippen molar-refractivity contribution in [3.8, 4) is 0 Å². The van der Waals surface area contributed by atoms with Crippen molar-refractivity contribution in [1.82, 2.24) is 0 Å². The molecule has 1 aromatic carbocycles. The molecule has 1 aromatic rings. The van der Waals surface area contributed by atoms with E-state index >= 15 is 0 Å². The van der Waals surface area contributed by atoms with Gasteiger partial charge in [-0.25, -0.2) is 0 Å². The van der Waals surface area contributed by atoms with Crippen molar-refractivity contribution in [2.45, 2.75) is 23.3 Å². The molecule has 0 atom stereocenters. The maximum absolute atomic E-state index is 11.7. The molecule has 0 unspecified atom stereocenters. The number of nitrogens with two attached hydrogens (primary N) is 1. The van der Waals surface area contributed by atoms with E-state index in [1.165, 1.54) is 0 Å². The fourth-order valence-electron chi connectivity index (χ4n) is 1.36. The first kappa shape index (κ1) is 14.6. The number of halogens is 2. The number of benzene rings is 1. The Morgan fingerprint density at radius 2 is 2.18 bits per heavy atom. The monoisotopic (exact) mass is 292 g/mol. The molecule has 1 aliphatic carbocycles. The zero-order valence-corrected chi connectivity index (χ0v) is 11.7. The number of anilines is 1. The molecule has 0 aliphatic heterocycles. The summed E-state index contributed by atoms with van der Waals surface area (Å²) in [5, 5.41) is 3.42. The van der Waals surface area contributed by atoms with Gasteiger partial charge in [0.2, 0.25) is 5.91 Å². The molecule has 3 N–H and O–H groups in total. The maximum atomic E-state index is 11.7. The van der Waals surface area contributed by atoms with Crippen LogP contribution in [0.15, 0.2) is 23.1 Å². The van der Waals surface area contributed by atoms with Crippen molar-refractivity contribution in [2.75, 3.05) is 11.6 Å². The molecule has 3 nitrogen and oxygen atoms in total. The van der Waals surface area contributed by atoms with Gasteiger partial charge in [0.05, 0.1) is 10.6 Å². The minimum absolute atomic E-state index is 0. The first-order valence-electron chi connectivity index (χ1n) is 4.99. The molecular formula is C11H14Cl2N2OS. The van der Waals surface area contributed by atoms with E-state index in [1.54, 1.807) is 17.8 Å². The smallest absolute Gasteiger partial charge is 0.244 e. The Balaban J connectivity index is 0.00000144. The summed E-state index contributed by atoms with van der Waals surface area (Å²) in [6.45, 7) is 0. The summed E-state index contributed by atoms with van der Waals surface area (Å²) < 4.78 is 0. The average Bonchev–Trinajstić information content (AvgIpc) is 2.98. The summed E-state index contributed by atoms with van der Waals surface area (Å²) in [4.78, 5) is 12.7. The van der Waals surface area contributed by atoms with Crippen LogP contribution in [0.1, 0.15) is 12.8 Å². The molecule has 17 heavy (non-hydrogen) atoms. The SMILES string of the molecule is CSc1ccc(NC(=O)C2(N)CC2)cc1Cl.Cl. The van der Waals surface area contributed by atoms with Crippen molar-refractivity contribution in [1.29, 1.82) is 0 Å². The summed E-state index contributed by atoms with van der Waals surface area (Å²) in [5.74, 6) is -0.125. The molecule has 1 aliphatic rings. The molecule has 0 heterocycles. The summed E-state index contributed by atoms with van der Waals surface area (Å²) in [5.41, 5.74) is 5.83. The number of rotatable bonds is 3. The number of thioether (sulfide) groups is 1. The van der Waals surface area contributed by atoms with Crippen LogP contribution in [-0.2, 0) is 4.79 Å². The zero-order valence-electron chi connectivity index (χ0n) is 9.33. The van der Waals surface area contributed by atoms with Crippen molar-refractivity contribution < 1.29 is 4.79 Å². The van der Waals surface area contributed by atoms with Crippen LogP contribution in [0, 0.1) is 0 Å². The molecule has 0 radical (unpaired) electrons. The Morgan fingerprint density at radius 3 is 2.65 bits per heavy atom. The Labute approximate surface area is 116 Å². The van der Waals surface area contributed by atoms with E-state index in [2.05, 4.69) is 5.32 Å². The number of hydrogen-bond donors (Lipinski definition) is 2. The second-order valence-corrected chi connectivity index (χ2v) is 5.21. The molecular weight excluding hydrogens is 279 g/mol. The molecule has 0 bridgehead atoms. The molecule has 1 amide bonds. The highest BCUT2D eigenvalue weighted by molar-refractivity contribution is 7.98. The number of hydrogen-bond acceptors (Lipinski definition) is 3. The largest absolute Gasteiger partial charge is 0.324 e. The van der Waals surface area contributed by atoms with Crippen LogP contribution in [0.2, 0.25) is 5.02 Å². The number of carbonyl (C=O) groups excluding carboxylic acids is 1. The Bertz CT molecular complexity index is 435. The Kier molecular flexibility index (Phi) is 4.72. The van der Waals surface area contributed by atoms with E-state index in [0.717, 1.165) is 17.7 Å². The van der Waals surface area contributed by atoms with Gasteiger partial charge in [-0.15, -0.1) is 24.2 Å². The van der Waals surface area contributed by atoms with E-state index in [4.69, 9.17) is 17.3 Å².